The van der Waals surface area contributed by atoms with Crippen molar-refractivity contribution in [3.8, 4) is 28.1 Å². The van der Waals surface area contributed by atoms with Crippen molar-refractivity contribution in [3.05, 3.63) is 84.1 Å². The smallest absolute Gasteiger partial charge is 0.294 e. The molecule has 4 heterocycles. The highest BCUT2D eigenvalue weighted by Crippen LogP contribution is 2.52. The van der Waals surface area contributed by atoms with E-state index < -0.39 is 0 Å². The second-order valence-electron chi connectivity index (χ2n) is 9.18. The van der Waals surface area contributed by atoms with E-state index in [1.807, 2.05) is 42.7 Å². The number of nitrogens with zero attached hydrogens (tertiary/aromatic N) is 5. The lowest BCUT2D eigenvalue weighted by atomic mass is 9.95. The van der Waals surface area contributed by atoms with Gasteiger partial charge in [-0.1, -0.05) is 30.3 Å². The van der Waals surface area contributed by atoms with Crippen LogP contribution in [0.2, 0.25) is 0 Å². The van der Waals surface area contributed by atoms with E-state index in [4.69, 9.17) is 23.6 Å². The van der Waals surface area contributed by atoms with Crippen molar-refractivity contribution >= 4 is 27.3 Å². The number of ether oxygens (including phenoxy) is 3. The second-order valence-corrected chi connectivity index (χ2v) is 10.1. The Kier molecular flexibility index (Phi) is 5.29. The molecule has 0 spiro atoms. The molecule has 0 amide bonds. The fourth-order valence-electron chi connectivity index (χ4n) is 4.71. The molecule has 4 aromatic heterocycles. The maximum absolute atomic E-state index is 6.28. The molecule has 2 aromatic carbocycles. The Balaban J connectivity index is 1.18. The van der Waals surface area contributed by atoms with Gasteiger partial charge in [0.25, 0.3) is 5.19 Å². The molecule has 6 aromatic rings. The molecule has 38 heavy (non-hydrogen) atoms. The lowest BCUT2D eigenvalue weighted by Crippen LogP contribution is -2.14. The monoisotopic (exact) mass is 525 g/mol. The molecule has 1 aliphatic carbocycles. The third-order valence-electron chi connectivity index (χ3n) is 6.85. The first-order chi connectivity index (χ1) is 18.6. The first-order valence-electron chi connectivity index (χ1n) is 12.2. The summed E-state index contributed by atoms with van der Waals surface area (Å²) in [5.41, 5.74) is 3.28. The number of hydrogen-bond donors (Lipinski definition) is 0. The lowest BCUT2D eigenvalue weighted by molar-refractivity contribution is 0.301. The number of furan rings is 1. The highest BCUT2D eigenvalue weighted by atomic mass is 32.1. The van der Waals surface area contributed by atoms with Gasteiger partial charge in [-0.15, -0.1) is 5.10 Å². The standard InChI is InChI=1S/C28H23N5O4S/c1-34-19-12-22(20-14-24(37-23(20)13-19)21-15-33-26(31-21)38-27(32-33)35-2)36-16-18-8-11-29-25(30-18)28(9-10-28)17-6-4-3-5-7-17/h3-8,11-15H,9-10,16H2,1-2H3. The molecular weight excluding hydrogens is 502 g/mol. The van der Waals surface area contributed by atoms with E-state index >= 15 is 0 Å². The predicted octanol–water partition coefficient (Wildman–Crippen LogP) is 5.67. The molecule has 1 aliphatic rings. The van der Waals surface area contributed by atoms with Gasteiger partial charge in [0.05, 0.1) is 36.9 Å². The van der Waals surface area contributed by atoms with Crippen LogP contribution in [0.15, 0.2) is 71.4 Å². The molecule has 0 radical (unpaired) electrons. The third-order valence-corrected chi connectivity index (χ3v) is 7.74. The predicted molar refractivity (Wildman–Crippen MR) is 142 cm³/mol. The summed E-state index contributed by atoms with van der Waals surface area (Å²) in [6, 6.07) is 18.0. The van der Waals surface area contributed by atoms with Gasteiger partial charge in [-0.25, -0.2) is 19.5 Å². The summed E-state index contributed by atoms with van der Waals surface area (Å²) in [6.07, 6.45) is 5.72. The van der Waals surface area contributed by atoms with Crippen LogP contribution in [0.1, 0.15) is 29.9 Å². The van der Waals surface area contributed by atoms with Crippen LogP contribution in [-0.2, 0) is 12.0 Å². The molecule has 0 N–H and O–H groups in total. The van der Waals surface area contributed by atoms with Crippen molar-refractivity contribution in [3.63, 3.8) is 0 Å². The quantitative estimate of drug-likeness (QED) is 0.251. The van der Waals surface area contributed by atoms with Gasteiger partial charge in [0.15, 0.2) is 5.76 Å². The van der Waals surface area contributed by atoms with Gasteiger partial charge in [0.1, 0.15) is 35.2 Å². The molecule has 0 bridgehead atoms. The summed E-state index contributed by atoms with van der Waals surface area (Å²) in [6.45, 7) is 0.285. The van der Waals surface area contributed by atoms with E-state index in [1.54, 1.807) is 18.7 Å². The zero-order valence-electron chi connectivity index (χ0n) is 20.7. The van der Waals surface area contributed by atoms with E-state index in [2.05, 4.69) is 39.3 Å². The van der Waals surface area contributed by atoms with Gasteiger partial charge < -0.3 is 18.6 Å². The summed E-state index contributed by atoms with van der Waals surface area (Å²) in [5, 5.41) is 5.71. The van der Waals surface area contributed by atoms with E-state index in [0.717, 1.165) is 34.7 Å². The van der Waals surface area contributed by atoms with Crippen molar-refractivity contribution in [2.45, 2.75) is 24.9 Å². The number of hydrogen-bond acceptors (Lipinski definition) is 9. The average molecular weight is 526 g/mol. The summed E-state index contributed by atoms with van der Waals surface area (Å²) in [5.74, 6) is 2.73. The van der Waals surface area contributed by atoms with Crippen molar-refractivity contribution in [1.29, 1.82) is 0 Å². The molecule has 0 atom stereocenters. The lowest BCUT2D eigenvalue weighted by Gasteiger charge is -2.15. The van der Waals surface area contributed by atoms with Gasteiger partial charge in [0.2, 0.25) is 4.96 Å². The van der Waals surface area contributed by atoms with Crippen LogP contribution in [0.3, 0.4) is 0 Å². The largest absolute Gasteiger partial charge is 0.496 e. The Morgan fingerprint density at radius 2 is 1.89 bits per heavy atom. The van der Waals surface area contributed by atoms with E-state index in [1.165, 1.54) is 16.9 Å². The van der Waals surface area contributed by atoms with Crippen LogP contribution < -0.4 is 14.2 Å². The van der Waals surface area contributed by atoms with Gasteiger partial charge in [-0.3, -0.25) is 0 Å². The third kappa shape index (κ3) is 3.84. The zero-order chi connectivity index (χ0) is 25.7. The first kappa shape index (κ1) is 22.7. The first-order valence-corrected chi connectivity index (χ1v) is 13.0. The van der Waals surface area contributed by atoms with Crippen LogP contribution in [0.25, 0.3) is 27.4 Å². The molecule has 0 saturated heterocycles. The van der Waals surface area contributed by atoms with Gasteiger partial charge in [-0.2, -0.15) is 0 Å². The van der Waals surface area contributed by atoms with E-state index in [0.29, 0.717) is 33.7 Å². The highest BCUT2D eigenvalue weighted by Gasteiger charge is 2.48. The Morgan fingerprint density at radius 3 is 2.66 bits per heavy atom. The minimum atomic E-state index is -0.100. The van der Waals surface area contributed by atoms with Crippen molar-refractivity contribution in [1.82, 2.24) is 24.6 Å². The minimum absolute atomic E-state index is 0.100. The summed E-state index contributed by atoms with van der Waals surface area (Å²) in [4.78, 5) is 14.9. The van der Waals surface area contributed by atoms with Gasteiger partial charge in [-0.05, 0) is 41.9 Å². The number of rotatable bonds is 8. The van der Waals surface area contributed by atoms with Crippen LogP contribution in [0.4, 0.5) is 0 Å². The molecule has 0 unspecified atom stereocenters. The normalized spacial score (nSPS) is 14.2. The minimum Gasteiger partial charge on any atom is -0.496 e. The van der Waals surface area contributed by atoms with Crippen LogP contribution in [0.5, 0.6) is 16.7 Å². The fourth-order valence-corrected chi connectivity index (χ4v) is 5.41. The molecule has 0 aliphatic heterocycles. The number of aromatic nitrogens is 5. The number of fused-ring (bicyclic) bond motifs is 2. The summed E-state index contributed by atoms with van der Waals surface area (Å²) in [7, 11) is 3.20. The van der Waals surface area contributed by atoms with Crippen molar-refractivity contribution in [2.75, 3.05) is 14.2 Å². The Bertz CT molecular complexity index is 1740. The van der Waals surface area contributed by atoms with Gasteiger partial charge in [0, 0.05) is 18.3 Å². The average Bonchev–Trinajstić information content (AvgIpc) is 3.28. The molecular formula is C28H23N5O4S. The van der Waals surface area contributed by atoms with E-state index in [9.17, 15) is 0 Å². The van der Waals surface area contributed by atoms with Crippen LogP contribution in [0, 0.1) is 0 Å². The molecule has 190 valence electrons. The Labute approximate surface area is 221 Å². The van der Waals surface area contributed by atoms with Crippen LogP contribution in [-0.4, -0.2) is 38.8 Å². The topological polar surface area (TPSA) is 96.8 Å². The van der Waals surface area contributed by atoms with Crippen molar-refractivity contribution in [2.24, 2.45) is 0 Å². The van der Waals surface area contributed by atoms with Crippen LogP contribution >= 0.6 is 11.3 Å². The van der Waals surface area contributed by atoms with Crippen molar-refractivity contribution < 1.29 is 18.6 Å². The molecule has 1 saturated carbocycles. The Hall–Kier alpha value is -4.44. The summed E-state index contributed by atoms with van der Waals surface area (Å²) >= 11 is 1.36. The number of imidazole rings is 1. The molecule has 9 nitrogen and oxygen atoms in total. The number of methoxy groups -OCH3 is 2. The molecule has 1 fully saturated rings. The highest BCUT2D eigenvalue weighted by molar-refractivity contribution is 7.18. The zero-order valence-corrected chi connectivity index (χ0v) is 21.6. The molecule has 10 heteroatoms. The van der Waals surface area contributed by atoms with Gasteiger partial charge >= 0.3 is 0 Å². The maximum Gasteiger partial charge on any atom is 0.294 e. The Morgan fingerprint density at radius 1 is 1.03 bits per heavy atom. The fraction of sp³-hybridized carbons (Fsp3) is 0.214. The second kappa shape index (κ2) is 8.84. The number of benzene rings is 2. The SMILES string of the molecule is COc1cc(OCc2ccnc(C3(c4ccccc4)CC3)n2)c2cc(-c3cn4nc(OC)sc4n3)oc2c1. The summed E-state index contributed by atoms with van der Waals surface area (Å²) < 4.78 is 24.8. The maximum atomic E-state index is 6.28. The van der Waals surface area contributed by atoms with E-state index in [-0.39, 0.29) is 12.0 Å². The molecule has 7 rings (SSSR count).